The van der Waals surface area contributed by atoms with Crippen molar-refractivity contribution in [2.24, 2.45) is 148 Å². The summed E-state index contributed by atoms with van der Waals surface area (Å²) in [5.41, 5.74) is 0. The van der Waals surface area contributed by atoms with Gasteiger partial charge in [-0.3, -0.25) is 0 Å². The first-order valence-electron chi connectivity index (χ1n) is 24.4. The maximum absolute atomic E-state index is 2.74. The fraction of sp³-hybridized carbons (Fsp3) is 1.00. The Morgan fingerprint density at radius 2 is 0.500 bits per heavy atom. The standard InChI is InChI=1S/C50H80/c1-26-10-6-8-12-31-14-16-33-35-18-20-37-39-22-24-41-43-29(4)27(2)28(3)30(5)44(43)42-25-23-40(49(39)50(41)42)38-21-19-36(47(35)48(37)38)34-17-15-32(13-9-7-11-26)45(31)46(33)34/h26-50H,6-25H2,1-5H3. The van der Waals surface area contributed by atoms with Crippen molar-refractivity contribution >= 4 is 0 Å². The van der Waals surface area contributed by atoms with Crippen LogP contribution in [0.5, 0.6) is 0 Å². The Morgan fingerprint density at radius 1 is 0.220 bits per heavy atom. The summed E-state index contributed by atoms with van der Waals surface area (Å²) in [5, 5.41) is 0. The lowest BCUT2D eigenvalue weighted by atomic mass is 9.34. The second kappa shape index (κ2) is 12.5. The molecule has 280 valence electrons. The predicted molar refractivity (Wildman–Crippen MR) is 208 cm³/mol. The summed E-state index contributed by atoms with van der Waals surface area (Å²) in [5.74, 6) is 27.5. The third-order valence-electron chi connectivity index (χ3n) is 22.8. The van der Waals surface area contributed by atoms with Crippen molar-refractivity contribution in [3.05, 3.63) is 0 Å². The summed E-state index contributed by atoms with van der Waals surface area (Å²) >= 11 is 0. The van der Waals surface area contributed by atoms with Crippen molar-refractivity contribution in [2.45, 2.75) is 163 Å². The van der Waals surface area contributed by atoms with Crippen LogP contribution in [0.3, 0.4) is 0 Å². The Balaban J connectivity index is 0.894. The molecule has 11 saturated carbocycles. The lowest BCUT2D eigenvalue weighted by molar-refractivity contribution is -0.229. The molecule has 11 aliphatic carbocycles. The summed E-state index contributed by atoms with van der Waals surface area (Å²) in [7, 11) is 0. The van der Waals surface area contributed by atoms with E-state index in [2.05, 4.69) is 34.6 Å². The molecule has 0 saturated heterocycles. The van der Waals surface area contributed by atoms with Crippen LogP contribution in [0.1, 0.15) is 163 Å². The monoisotopic (exact) mass is 681 g/mol. The maximum Gasteiger partial charge on any atom is -0.0318 e. The number of rotatable bonds is 0. The fourth-order valence-electron chi connectivity index (χ4n) is 21.3. The molecule has 0 nitrogen and oxygen atoms in total. The van der Waals surface area contributed by atoms with Crippen LogP contribution in [0.15, 0.2) is 0 Å². The van der Waals surface area contributed by atoms with Gasteiger partial charge in [-0.2, -0.15) is 0 Å². The van der Waals surface area contributed by atoms with Gasteiger partial charge in [0, 0.05) is 0 Å². The highest BCUT2D eigenvalue weighted by Crippen LogP contribution is 2.76. The average Bonchev–Trinajstić information content (AvgIpc) is 3.48. The molecule has 50 heavy (non-hydrogen) atoms. The van der Waals surface area contributed by atoms with Gasteiger partial charge >= 0.3 is 0 Å². The van der Waals surface area contributed by atoms with Gasteiger partial charge in [0.25, 0.3) is 0 Å². The number of fused-ring (bicyclic) bond motifs is 7. The first kappa shape index (κ1) is 33.3. The highest BCUT2D eigenvalue weighted by Gasteiger charge is 2.70. The molecule has 0 aromatic carbocycles. The second-order valence-electron chi connectivity index (χ2n) is 23.4. The van der Waals surface area contributed by atoms with Gasteiger partial charge in [0.05, 0.1) is 0 Å². The van der Waals surface area contributed by atoms with Crippen molar-refractivity contribution < 1.29 is 0 Å². The minimum absolute atomic E-state index is 0.940. The zero-order valence-corrected chi connectivity index (χ0v) is 33.6. The van der Waals surface area contributed by atoms with E-state index in [0.29, 0.717) is 0 Å². The van der Waals surface area contributed by atoms with E-state index in [1.165, 1.54) is 37.5 Å². The zero-order chi connectivity index (χ0) is 33.6. The Labute approximate surface area is 310 Å². The molecule has 0 N–H and O–H groups in total. The molecule has 18 unspecified atom stereocenters. The Hall–Kier alpha value is 0. The molecule has 0 radical (unpaired) electrons. The van der Waals surface area contributed by atoms with Crippen LogP contribution in [0.25, 0.3) is 0 Å². The SMILES string of the molecule is CC1CCCCC2CCC3C4CCC5C6CCC7C8C(C)C(C)C(C)C(C)C8C8CCC(C9CCC(C%10CCC(CCCC1)C2C3%10)C4C59)C6C78. The van der Waals surface area contributed by atoms with Gasteiger partial charge < -0.3 is 0 Å². The summed E-state index contributed by atoms with van der Waals surface area (Å²) in [4.78, 5) is 0. The van der Waals surface area contributed by atoms with E-state index >= 15 is 0 Å². The van der Waals surface area contributed by atoms with Crippen LogP contribution in [-0.4, -0.2) is 0 Å². The Kier molecular flexibility index (Phi) is 8.34. The van der Waals surface area contributed by atoms with Gasteiger partial charge in [-0.1, -0.05) is 86.0 Å². The van der Waals surface area contributed by atoms with Gasteiger partial charge in [-0.15, -0.1) is 0 Å². The quantitative estimate of drug-likeness (QED) is 0.239. The van der Waals surface area contributed by atoms with E-state index in [1.54, 1.807) is 103 Å². The highest BCUT2D eigenvalue weighted by molar-refractivity contribution is 5.18. The third-order valence-corrected chi connectivity index (χ3v) is 22.8. The average molecular weight is 681 g/mol. The van der Waals surface area contributed by atoms with E-state index < -0.39 is 0 Å². The van der Waals surface area contributed by atoms with Gasteiger partial charge in [0.2, 0.25) is 0 Å². The van der Waals surface area contributed by atoms with E-state index in [-0.39, 0.29) is 0 Å². The first-order chi connectivity index (χ1) is 24.4. The molecule has 0 amide bonds. The summed E-state index contributed by atoms with van der Waals surface area (Å²) in [6, 6.07) is 0. The van der Waals surface area contributed by atoms with E-state index in [9.17, 15) is 0 Å². The van der Waals surface area contributed by atoms with Gasteiger partial charge in [0.15, 0.2) is 0 Å². The van der Waals surface area contributed by atoms with Gasteiger partial charge in [-0.25, -0.2) is 0 Å². The topological polar surface area (TPSA) is 0 Å². The van der Waals surface area contributed by atoms with Crippen molar-refractivity contribution in [1.29, 1.82) is 0 Å². The second-order valence-corrected chi connectivity index (χ2v) is 23.4. The van der Waals surface area contributed by atoms with Crippen molar-refractivity contribution in [3.8, 4) is 0 Å². The molecular weight excluding hydrogens is 601 g/mol. The molecule has 0 aromatic rings. The molecule has 0 heteroatoms. The highest BCUT2D eigenvalue weighted by atomic mass is 14.7. The van der Waals surface area contributed by atoms with Crippen LogP contribution >= 0.6 is 0 Å². The third kappa shape index (κ3) is 4.59. The lowest BCUT2D eigenvalue weighted by Gasteiger charge is -2.71. The zero-order valence-electron chi connectivity index (χ0n) is 33.6. The van der Waals surface area contributed by atoms with E-state index in [0.717, 1.165) is 136 Å². The lowest BCUT2D eigenvalue weighted by Crippen LogP contribution is -2.65. The minimum Gasteiger partial charge on any atom is -0.0625 e. The predicted octanol–water partition coefficient (Wildman–Crippen LogP) is 13.4. The van der Waals surface area contributed by atoms with Crippen LogP contribution in [-0.2, 0) is 0 Å². The van der Waals surface area contributed by atoms with Crippen LogP contribution in [0.2, 0.25) is 0 Å². The molecule has 0 spiro atoms. The normalized spacial score (nSPS) is 63.9. The summed E-state index contributed by atoms with van der Waals surface area (Å²) < 4.78 is 0. The molecule has 0 aromatic heterocycles. The van der Waals surface area contributed by atoms with E-state index in [1.807, 2.05) is 0 Å². The van der Waals surface area contributed by atoms with Crippen molar-refractivity contribution in [2.75, 3.05) is 0 Å². The fourth-order valence-corrected chi connectivity index (χ4v) is 21.3. The number of hydrogen-bond acceptors (Lipinski definition) is 0. The molecule has 18 atom stereocenters. The molecule has 0 heterocycles. The number of hydrogen-bond donors (Lipinski definition) is 0. The van der Waals surface area contributed by atoms with Crippen molar-refractivity contribution in [3.63, 3.8) is 0 Å². The maximum atomic E-state index is 2.74. The first-order valence-corrected chi connectivity index (χ1v) is 24.4. The molecule has 11 rings (SSSR count). The molecular formula is C50H80. The molecule has 0 aliphatic heterocycles. The van der Waals surface area contributed by atoms with Gasteiger partial charge in [-0.05, 0) is 225 Å². The molecule has 11 aliphatic rings. The molecule has 0 bridgehead atoms. The summed E-state index contributed by atoms with van der Waals surface area (Å²) in [6.45, 7) is 13.4. The smallest absolute Gasteiger partial charge is 0.0318 e. The van der Waals surface area contributed by atoms with Crippen LogP contribution in [0, 0.1) is 148 Å². The Bertz CT molecular complexity index is 1160. The van der Waals surface area contributed by atoms with Crippen LogP contribution < -0.4 is 0 Å². The minimum atomic E-state index is 0.940. The van der Waals surface area contributed by atoms with E-state index in [4.69, 9.17) is 0 Å². The summed E-state index contributed by atoms with van der Waals surface area (Å²) in [6.07, 6.45) is 32.4. The van der Waals surface area contributed by atoms with Gasteiger partial charge in [0.1, 0.15) is 0 Å². The van der Waals surface area contributed by atoms with Crippen molar-refractivity contribution in [1.82, 2.24) is 0 Å². The Morgan fingerprint density at radius 3 is 0.880 bits per heavy atom. The largest absolute Gasteiger partial charge is 0.0625 e. The van der Waals surface area contributed by atoms with Crippen LogP contribution in [0.4, 0.5) is 0 Å². The molecule has 11 fully saturated rings.